The van der Waals surface area contributed by atoms with Crippen LogP contribution in [0, 0.1) is 11.8 Å². The van der Waals surface area contributed by atoms with E-state index in [9.17, 15) is 19.2 Å². The van der Waals surface area contributed by atoms with Gasteiger partial charge in [-0.15, -0.1) is 0 Å². The van der Waals surface area contributed by atoms with Crippen molar-refractivity contribution in [3.63, 3.8) is 0 Å². The minimum absolute atomic E-state index is 0.0301. The van der Waals surface area contributed by atoms with E-state index in [0.717, 1.165) is 32.1 Å². The molecule has 2 rings (SSSR count). The van der Waals surface area contributed by atoms with Gasteiger partial charge in [0.25, 0.3) is 0 Å². The number of nitrogens with one attached hydrogen (secondary N) is 2. The fourth-order valence-electron chi connectivity index (χ4n) is 3.45. The lowest BCUT2D eigenvalue weighted by Gasteiger charge is -2.19. The third-order valence-electron chi connectivity index (χ3n) is 4.81. The number of hydrogen-bond acceptors (Lipinski definition) is 4. The SMILES string of the molecule is CCCNC(=O)[C@H](C)NC(=O)CCN1C(=O)[C@H]2CCCC[C@H]2C1=O. The molecule has 0 spiro atoms. The van der Waals surface area contributed by atoms with Crippen molar-refractivity contribution in [2.75, 3.05) is 13.1 Å². The van der Waals surface area contributed by atoms with Crippen LogP contribution in [0.4, 0.5) is 0 Å². The highest BCUT2D eigenvalue weighted by Crippen LogP contribution is 2.37. The molecule has 0 radical (unpaired) electrons. The summed E-state index contributed by atoms with van der Waals surface area (Å²) >= 11 is 0. The molecule has 1 saturated heterocycles. The van der Waals surface area contributed by atoms with E-state index in [-0.39, 0.29) is 48.4 Å². The minimum atomic E-state index is -0.628. The van der Waals surface area contributed by atoms with E-state index in [1.165, 1.54) is 4.90 Å². The second kappa shape index (κ2) is 8.26. The molecule has 0 unspecified atom stereocenters. The van der Waals surface area contributed by atoms with Crippen LogP contribution in [0.15, 0.2) is 0 Å². The van der Waals surface area contributed by atoms with Crippen LogP contribution >= 0.6 is 0 Å². The first-order valence-electron chi connectivity index (χ1n) is 8.88. The van der Waals surface area contributed by atoms with E-state index in [0.29, 0.717) is 6.54 Å². The molecule has 0 aromatic carbocycles. The van der Waals surface area contributed by atoms with Crippen molar-refractivity contribution in [2.24, 2.45) is 11.8 Å². The Balaban J connectivity index is 1.80. The van der Waals surface area contributed by atoms with Gasteiger partial charge in [0, 0.05) is 19.5 Å². The Labute approximate surface area is 142 Å². The summed E-state index contributed by atoms with van der Waals surface area (Å²) in [4.78, 5) is 49.6. The maximum absolute atomic E-state index is 12.3. The molecule has 1 aliphatic carbocycles. The number of hydrogen-bond donors (Lipinski definition) is 2. The summed E-state index contributed by atoms with van der Waals surface area (Å²) in [5.74, 6) is -1.20. The Bertz CT molecular complexity index is 496. The number of amides is 4. The van der Waals surface area contributed by atoms with Gasteiger partial charge in [0.05, 0.1) is 11.8 Å². The summed E-state index contributed by atoms with van der Waals surface area (Å²) in [7, 11) is 0. The van der Waals surface area contributed by atoms with E-state index in [2.05, 4.69) is 10.6 Å². The molecule has 7 heteroatoms. The van der Waals surface area contributed by atoms with Gasteiger partial charge in [-0.2, -0.15) is 0 Å². The standard InChI is InChI=1S/C17H27N3O4/c1-3-9-18-15(22)11(2)19-14(21)8-10-20-16(23)12-6-4-5-7-13(12)17(20)24/h11-13H,3-10H2,1-2H3,(H,18,22)(H,19,21)/t11-,12-,13+/m0/s1. The number of imide groups is 1. The molecule has 0 aromatic rings. The van der Waals surface area contributed by atoms with Crippen LogP contribution < -0.4 is 10.6 Å². The lowest BCUT2D eigenvalue weighted by atomic mass is 9.81. The maximum Gasteiger partial charge on any atom is 0.242 e. The molecule has 7 nitrogen and oxygen atoms in total. The molecule has 1 heterocycles. The van der Waals surface area contributed by atoms with Crippen LogP contribution in [0.5, 0.6) is 0 Å². The van der Waals surface area contributed by atoms with Gasteiger partial charge >= 0.3 is 0 Å². The quantitative estimate of drug-likeness (QED) is 0.664. The van der Waals surface area contributed by atoms with E-state index in [1.807, 2.05) is 6.92 Å². The Morgan fingerprint density at radius 1 is 1.17 bits per heavy atom. The van der Waals surface area contributed by atoms with Crippen molar-refractivity contribution < 1.29 is 19.2 Å². The number of carbonyl (C=O) groups excluding carboxylic acids is 4. The molecule has 3 atom stereocenters. The number of carbonyl (C=O) groups is 4. The Morgan fingerprint density at radius 2 is 1.75 bits per heavy atom. The topological polar surface area (TPSA) is 95.6 Å². The molecule has 0 bridgehead atoms. The largest absolute Gasteiger partial charge is 0.354 e. The zero-order chi connectivity index (χ0) is 17.7. The van der Waals surface area contributed by atoms with Gasteiger partial charge in [-0.05, 0) is 26.2 Å². The van der Waals surface area contributed by atoms with Gasteiger partial charge in [0.15, 0.2) is 0 Å². The van der Waals surface area contributed by atoms with E-state index >= 15 is 0 Å². The smallest absolute Gasteiger partial charge is 0.242 e. The highest BCUT2D eigenvalue weighted by Gasteiger charge is 2.47. The summed E-state index contributed by atoms with van der Waals surface area (Å²) in [6.45, 7) is 4.23. The highest BCUT2D eigenvalue weighted by atomic mass is 16.2. The number of likely N-dealkylation sites (tertiary alicyclic amines) is 1. The zero-order valence-electron chi connectivity index (χ0n) is 14.5. The Hall–Kier alpha value is -1.92. The average molecular weight is 337 g/mol. The summed E-state index contributed by atoms with van der Waals surface area (Å²) in [5, 5.41) is 5.31. The molecule has 2 aliphatic rings. The normalized spacial score (nSPS) is 24.5. The molecular formula is C17H27N3O4. The van der Waals surface area contributed by atoms with E-state index < -0.39 is 6.04 Å². The molecule has 1 aliphatic heterocycles. The van der Waals surface area contributed by atoms with Crippen molar-refractivity contribution in [1.29, 1.82) is 0 Å². The van der Waals surface area contributed by atoms with Gasteiger partial charge in [-0.3, -0.25) is 24.1 Å². The lowest BCUT2D eigenvalue weighted by molar-refractivity contribution is -0.140. The summed E-state index contributed by atoms with van der Waals surface area (Å²) < 4.78 is 0. The second-order valence-electron chi connectivity index (χ2n) is 6.66. The van der Waals surface area contributed by atoms with Gasteiger partial charge in [0.1, 0.15) is 6.04 Å². The molecule has 2 N–H and O–H groups in total. The second-order valence-corrected chi connectivity index (χ2v) is 6.66. The first kappa shape index (κ1) is 18.4. The van der Waals surface area contributed by atoms with Gasteiger partial charge in [-0.25, -0.2) is 0 Å². The van der Waals surface area contributed by atoms with Gasteiger partial charge < -0.3 is 10.6 Å². The Kier molecular flexibility index (Phi) is 6.34. The van der Waals surface area contributed by atoms with Gasteiger partial charge in [-0.1, -0.05) is 19.8 Å². The number of nitrogens with zero attached hydrogens (tertiary/aromatic N) is 1. The van der Waals surface area contributed by atoms with Crippen molar-refractivity contribution in [1.82, 2.24) is 15.5 Å². The van der Waals surface area contributed by atoms with Crippen molar-refractivity contribution in [3.05, 3.63) is 0 Å². The van der Waals surface area contributed by atoms with Crippen molar-refractivity contribution in [2.45, 2.75) is 58.4 Å². The van der Waals surface area contributed by atoms with E-state index in [1.54, 1.807) is 6.92 Å². The van der Waals surface area contributed by atoms with Crippen LogP contribution in [0.1, 0.15) is 52.4 Å². The molecule has 1 saturated carbocycles. The van der Waals surface area contributed by atoms with Crippen LogP contribution in [0.3, 0.4) is 0 Å². The fraction of sp³-hybridized carbons (Fsp3) is 0.765. The molecule has 134 valence electrons. The predicted octanol–water partition coefficient (Wildman–Crippen LogP) is 0.583. The number of rotatable bonds is 7. The monoisotopic (exact) mass is 337 g/mol. The molecule has 24 heavy (non-hydrogen) atoms. The zero-order valence-corrected chi connectivity index (χ0v) is 14.5. The lowest BCUT2D eigenvalue weighted by Crippen LogP contribution is -2.46. The minimum Gasteiger partial charge on any atom is -0.354 e. The van der Waals surface area contributed by atoms with Crippen molar-refractivity contribution in [3.8, 4) is 0 Å². The first-order chi connectivity index (χ1) is 11.5. The third-order valence-corrected chi connectivity index (χ3v) is 4.81. The predicted molar refractivity (Wildman–Crippen MR) is 87.7 cm³/mol. The molecule has 2 fully saturated rings. The summed E-state index contributed by atoms with van der Waals surface area (Å²) in [6.07, 6.45) is 4.37. The van der Waals surface area contributed by atoms with Gasteiger partial charge in [0.2, 0.25) is 23.6 Å². The van der Waals surface area contributed by atoms with Crippen LogP contribution in [0.25, 0.3) is 0 Å². The molecule has 4 amide bonds. The van der Waals surface area contributed by atoms with E-state index in [4.69, 9.17) is 0 Å². The fourth-order valence-corrected chi connectivity index (χ4v) is 3.45. The Morgan fingerprint density at radius 3 is 2.29 bits per heavy atom. The molecule has 0 aromatic heterocycles. The summed E-state index contributed by atoms with van der Waals surface area (Å²) in [5.41, 5.74) is 0. The molecular weight excluding hydrogens is 310 g/mol. The maximum atomic E-state index is 12.3. The third kappa shape index (κ3) is 4.13. The summed E-state index contributed by atoms with van der Waals surface area (Å²) in [6, 6.07) is -0.628. The van der Waals surface area contributed by atoms with Crippen molar-refractivity contribution >= 4 is 23.6 Å². The highest BCUT2D eigenvalue weighted by molar-refractivity contribution is 6.05. The number of fused-ring (bicyclic) bond motifs is 1. The van der Waals surface area contributed by atoms with Crippen LogP contribution in [0.2, 0.25) is 0 Å². The van der Waals surface area contributed by atoms with Crippen LogP contribution in [-0.4, -0.2) is 47.7 Å². The van der Waals surface area contributed by atoms with Crippen LogP contribution in [-0.2, 0) is 19.2 Å². The average Bonchev–Trinajstić information content (AvgIpc) is 2.82. The first-order valence-corrected chi connectivity index (χ1v) is 8.88.